The van der Waals surface area contributed by atoms with Crippen molar-refractivity contribution < 1.29 is 19.4 Å². The average Bonchev–Trinajstić information content (AvgIpc) is 2.22. The topological polar surface area (TPSA) is 63.6 Å². The standard InChI is InChI=1S/C11H12O4/c1-4-6-8-11(7-5-2,9(12)13)10(14)15-3/h2H,7-8H2,1,3H3,(H,12,13). The summed E-state index contributed by atoms with van der Waals surface area (Å²) < 4.78 is 4.44. The average molecular weight is 208 g/mol. The van der Waals surface area contributed by atoms with Crippen molar-refractivity contribution >= 4 is 11.9 Å². The molecule has 1 N–H and O–H groups in total. The van der Waals surface area contributed by atoms with Crippen LogP contribution < -0.4 is 0 Å². The van der Waals surface area contributed by atoms with Gasteiger partial charge in [0.15, 0.2) is 5.41 Å². The van der Waals surface area contributed by atoms with Crippen LogP contribution in [0, 0.1) is 29.6 Å². The Kier molecular flexibility index (Phi) is 4.98. The Bertz CT molecular complexity index is 353. The van der Waals surface area contributed by atoms with Gasteiger partial charge in [-0.05, 0) is 6.92 Å². The minimum Gasteiger partial charge on any atom is -0.480 e. The summed E-state index contributed by atoms with van der Waals surface area (Å²) in [6, 6.07) is 0. The van der Waals surface area contributed by atoms with Crippen LogP contribution in [0.15, 0.2) is 0 Å². The number of carbonyl (C=O) groups excluding carboxylic acids is 1. The van der Waals surface area contributed by atoms with Crippen LogP contribution in [0.5, 0.6) is 0 Å². The van der Waals surface area contributed by atoms with Crippen LogP contribution in [0.2, 0.25) is 0 Å². The second-order valence-electron chi connectivity index (χ2n) is 2.86. The van der Waals surface area contributed by atoms with E-state index in [4.69, 9.17) is 11.5 Å². The molecular weight excluding hydrogens is 196 g/mol. The summed E-state index contributed by atoms with van der Waals surface area (Å²) in [5, 5.41) is 9.02. The van der Waals surface area contributed by atoms with Gasteiger partial charge in [0.05, 0.1) is 7.11 Å². The van der Waals surface area contributed by atoms with E-state index in [1.807, 2.05) is 0 Å². The number of methoxy groups -OCH3 is 1. The molecule has 1 unspecified atom stereocenters. The maximum absolute atomic E-state index is 11.4. The molecule has 0 saturated carbocycles. The van der Waals surface area contributed by atoms with Crippen molar-refractivity contribution in [1.82, 2.24) is 0 Å². The van der Waals surface area contributed by atoms with Gasteiger partial charge in [0.1, 0.15) is 0 Å². The third kappa shape index (κ3) is 2.75. The highest BCUT2D eigenvalue weighted by Crippen LogP contribution is 2.28. The molecule has 1 atom stereocenters. The summed E-state index contributed by atoms with van der Waals surface area (Å²) in [5.74, 6) is 5.06. The van der Waals surface area contributed by atoms with Crippen molar-refractivity contribution in [3.05, 3.63) is 0 Å². The van der Waals surface area contributed by atoms with Gasteiger partial charge >= 0.3 is 11.9 Å². The highest BCUT2D eigenvalue weighted by Gasteiger charge is 2.46. The molecule has 80 valence electrons. The van der Waals surface area contributed by atoms with Gasteiger partial charge in [-0.1, -0.05) is 0 Å². The summed E-state index contributed by atoms with van der Waals surface area (Å²) in [4.78, 5) is 22.5. The van der Waals surface area contributed by atoms with Crippen LogP contribution in [0.3, 0.4) is 0 Å². The number of carboxylic acid groups (broad SMARTS) is 1. The molecule has 0 bridgehead atoms. The largest absolute Gasteiger partial charge is 0.480 e. The van der Waals surface area contributed by atoms with Gasteiger partial charge in [0, 0.05) is 12.8 Å². The fourth-order valence-corrected chi connectivity index (χ4v) is 1.05. The van der Waals surface area contributed by atoms with Crippen LogP contribution >= 0.6 is 0 Å². The number of terminal acetylenes is 1. The van der Waals surface area contributed by atoms with Crippen LogP contribution in [-0.2, 0) is 14.3 Å². The summed E-state index contributed by atoms with van der Waals surface area (Å²) >= 11 is 0. The highest BCUT2D eigenvalue weighted by atomic mass is 16.5. The van der Waals surface area contributed by atoms with Crippen LogP contribution in [-0.4, -0.2) is 24.2 Å². The third-order valence-electron chi connectivity index (χ3n) is 1.96. The second kappa shape index (κ2) is 5.72. The predicted octanol–water partition coefficient (Wildman–Crippen LogP) is 0.667. The smallest absolute Gasteiger partial charge is 0.325 e. The number of aliphatic carboxylic acids is 1. The Hall–Kier alpha value is -1.94. The van der Waals surface area contributed by atoms with E-state index >= 15 is 0 Å². The maximum atomic E-state index is 11.4. The second-order valence-corrected chi connectivity index (χ2v) is 2.86. The highest BCUT2D eigenvalue weighted by molar-refractivity contribution is 5.99. The molecule has 15 heavy (non-hydrogen) atoms. The molecule has 0 spiro atoms. The normalized spacial score (nSPS) is 12.6. The Morgan fingerprint density at radius 3 is 2.40 bits per heavy atom. The SMILES string of the molecule is C#CCC(CC#CC)(C(=O)O)C(=O)OC. The van der Waals surface area contributed by atoms with E-state index in [1.165, 1.54) is 0 Å². The van der Waals surface area contributed by atoms with E-state index in [0.29, 0.717) is 0 Å². The number of ether oxygens (including phenoxy) is 1. The molecule has 0 fully saturated rings. The summed E-state index contributed by atoms with van der Waals surface area (Å²) in [5.41, 5.74) is -1.74. The molecule has 4 heteroatoms. The van der Waals surface area contributed by atoms with Crippen molar-refractivity contribution in [2.24, 2.45) is 5.41 Å². The third-order valence-corrected chi connectivity index (χ3v) is 1.96. The first-order valence-electron chi connectivity index (χ1n) is 4.20. The van der Waals surface area contributed by atoms with E-state index in [2.05, 4.69) is 22.5 Å². The number of esters is 1. The zero-order chi connectivity index (χ0) is 11.9. The molecule has 0 aliphatic heterocycles. The molecule has 0 aromatic heterocycles. The van der Waals surface area contributed by atoms with Crippen LogP contribution in [0.25, 0.3) is 0 Å². The minimum atomic E-state index is -1.74. The number of hydrogen-bond donors (Lipinski definition) is 1. The van der Waals surface area contributed by atoms with E-state index in [-0.39, 0.29) is 12.8 Å². The molecule has 0 radical (unpaired) electrons. The molecule has 0 rings (SSSR count). The lowest BCUT2D eigenvalue weighted by atomic mass is 9.81. The molecule has 0 heterocycles. The van der Waals surface area contributed by atoms with Gasteiger partial charge in [-0.25, -0.2) is 0 Å². The fourth-order valence-electron chi connectivity index (χ4n) is 1.05. The van der Waals surface area contributed by atoms with Gasteiger partial charge in [-0.3, -0.25) is 9.59 Å². The zero-order valence-electron chi connectivity index (χ0n) is 8.66. The monoisotopic (exact) mass is 208 g/mol. The number of carbonyl (C=O) groups is 2. The van der Waals surface area contributed by atoms with E-state index < -0.39 is 17.4 Å². The van der Waals surface area contributed by atoms with Gasteiger partial charge < -0.3 is 9.84 Å². The van der Waals surface area contributed by atoms with Crippen molar-refractivity contribution in [1.29, 1.82) is 0 Å². The lowest BCUT2D eigenvalue weighted by molar-refractivity contribution is -0.166. The van der Waals surface area contributed by atoms with E-state index in [0.717, 1.165) is 7.11 Å². The molecule has 4 nitrogen and oxygen atoms in total. The molecule has 0 aliphatic carbocycles. The Labute approximate surface area is 88.6 Å². The van der Waals surface area contributed by atoms with Gasteiger partial charge in [-0.2, -0.15) is 0 Å². The fraction of sp³-hybridized carbons (Fsp3) is 0.455. The number of hydrogen-bond acceptors (Lipinski definition) is 3. The van der Waals surface area contributed by atoms with Crippen molar-refractivity contribution in [2.75, 3.05) is 7.11 Å². The van der Waals surface area contributed by atoms with E-state index in [1.54, 1.807) is 6.92 Å². The number of carboxylic acids is 1. The van der Waals surface area contributed by atoms with Gasteiger partial charge in [-0.15, -0.1) is 24.2 Å². The lowest BCUT2D eigenvalue weighted by Crippen LogP contribution is -2.39. The molecule has 0 aromatic rings. The Morgan fingerprint density at radius 2 is 2.07 bits per heavy atom. The van der Waals surface area contributed by atoms with Crippen LogP contribution in [0.4, 0.5) is 0 Å². The quantitative estimate of drug-likeness (QED) is 0.419. The van der Waals surface area contributed by atoms with E-state index in [9.17, 15) is 9.59 Å². The molecule has 0 aromatic carbocycles. The van der Waals surface area contributed by atoms with Gasteiger partial charge in [0.25, 0.3) is 0 Å². The van der Waals surface area contributed by atoms with Gasteiger partial charge in [0.2, 0.25) is 0 Å². The first-order valence-corrected chi connectivity index (χ1v) is 4.20. The summed E-state index contributed by atoms with van der Waals surface area (Å²) in [6.45, 7) is 1.56. The molecule has 0 amide bonds. The Morgan fingerprint density at radius 1 is 1.47 bits per heavy atom. The molecule has 0 saturated heterocycles. The molecule has 0 aliphatic rings. The summed E-state index contributed by atoms with van der Waals surface area (Å²) in [6.07, 6.45) is 4.67. The van der Waals surface area contributed by atoms with Crippen molar-refractivity contribution in [3.63, 3.8) is 0 Å². The zero-order valence-corrected chi connectivity index (χ0v) is 8.66. The number of rotatable bonds is 4. The molecular formula is C11H12O4. The van der Waals surface area contributed by atoms with Crippen LogP contribution in [0.1, 0.15) is 19.8 Å². The predicted molar refractivity (Wildman–Crippen MR) is 53.6 cm³/mol. The Balaban J connectivity index is 5.23. The lowest BCUT2D eigenvalue weighted by Gasteiger charge is -2.21. The first kappa shape index (κ1) is 13.1. The minimum absolute atomic E-state index is 0.143. The van der Waals surface area contributed by atoms with Crippen molar-refractivity contribution in [3.8, 4) is 24.2 Å². The summed E-state index contributed by atoms with van der Waals surface area (Å²) in [7, 11) is 1.12. The maximum Gasteiger partial charge on any atom is 0.325 e. The first-order chi connectivity index (χ1) is 7.05. The van der Waals surface area contributed by atoms with Crippen molar-refractivity contribution in [2.45, 2.75) is 19.8 Å².